The number of aryl methyl sites for hydroxylation is 1. The van der Waals surface area contributed by atoms with Crippen molar-refractivity contribution in [3.8, 4) is 0 Å². The Morgan fingerprint density at radius 2 is 1.87 bits per heavy atom. The van der Waals surface area contributed by atoms with Crippen molar-refractivity contribution in [3.63, 3.8) is 0 Å². The van der Waals surface area contributed by atoms with Crippen LogP contribution in [0.2, 0.25) is 0 Å². The fourth-order valence-electron chi connectivity index (χ4n) is 1.68. The minimum absolute atomic E-state index is 0.0373. The average Bonchev–Trinajstić information content (AvgIpc) is 2.18. The normalized spacial score (nSPS) is 14.9. The topological polar surface area (TPSA) is 46.2 Å². The highest BCUT2D eigenvalue weighted by atomic mass is 16.3. The molecule has 0 radical (unpaired) electrons. The summed E-state index contributed by atoms with van der Waals surface area (Å²) in [5.41, 5.74) is 7.94. The fraction of sp³-hybridized carbons (Fsp3) is 0.538. The second kappa shape index (κ2) is 5.89. The molecule has 1 rings (SSSR count). The van der Waals surface area contributed by atoms with Crippen molar-refractivity contribution in [1.29, 1.82) is 0 Å². The van der Waals surface area contributed by atoms with Gasteiger partial charge in [0.1, 0.15) is 0 Å². The summed E-state index contributed by atoms with van der Waals surface area (Å²) < 4.78 is 0. The Labute approximate surface area is 92.1 Å². The first-order chi connectivity index (χ1) is 7.13. The summed E-state index contributed by atoms with van der Waals surface area (Å²) in [4.78, 5) is 0. The molecule has 0 saturated heterocycles. The molecule has 2 heteroatoms. The molecule has 2 atom stereocenters. The quantitative estimate of drug-likeness (QED) is 0.779. The third-order valence-corrected chi connectivity index (χ3v) is 2.50. The van der Waals surface area contributed by atoms with E-state index in [0.29, 0.717) is 6.42 Å². The van der Waals surface area contributed by atoms with Crippen LogP contribution in [0.15, 0.2) is 24.3 Å². The van der Waals surface area contributed by atoms with Gasteiger partial charge in [0.15, 0.2) is 0 Å². The molecule has 1 aromatic rings. The maximum absolute atomic E-state index is 9.83. The first-order valence-electron chi connectivity index (χ1n) is 5.66. The number of hydrogen-bond acceptors (Lipinski definition) is 2. The van der Waals surface area contributed by atoms with E-state index in [1.54, 1.807) is 0 Å². The maximum atomic E-state index is 9.83. The number of aliphatic hydroxyl groups is 1. The molecule has 0 aliphatic heterocycles. The molecule has 1 aromatic carbocycles. The lowest BCUT2D eigenvalue weighted by atomic mass is 10.0. The molecule has 0 aliphatic rings. The first kappa shape index (κ1) is 12.2. The fourth-order valence-corrected chi connectivity index (χ4v) is 1.68. The minimum Gasteiger partial charge on any atom is -0.388 e. The van der Waals surface area contributed by atoms with Gasteiger partial charge >= 0.3 is 0 Å². The highest BCUT2D eigenvalue weighted by Crippen LogP contribution is 2.18. The summed E-state index contributed by atoms with van der Waals surface area (Å²) in [6.45, 7) is 4.08. The van der Waals surface area contributed by atoms with Crippen LogP contribution in [0.4, 0.5) is 0 Å². The molecule has 0 heterocycles. The van der Waals surface area contributed by atoms with Crippen molar-refractivity contribution in [2.45, 2.75) is 45.3 Å². The Bertz CT molecular complexity index is 279. The van der Waals surface area contributed by atoms with Crippen molar-refractivity contribution >= 4 is 0 Å². The number of nitrogens with two attached hydrogens (primary N) is 1. The highest BCUT2D eigenvalue weighted by Gasteiger charge is 2.09. The van der Waals surface area contributed by atoms with Crippen molar-refractivity contribution in [2.24, 2.45) is 5.73 Å². The summed E-state index contributed by atoms with van der Waals surface area (Å²) in [5.74, 6) is 0. The van der Waals surface area contributed by atoms with Crippen LogP contribution in [0.5, 0.6) is 0 Å². The van der Waals surface area contributed by atoms with Gasteiger partial charge in [-0.1, -0.05) is 37.6 Å². The molecule has 3 N–H and O–H groups in total. The van der Waals surface area contributed by atoms with Crippen molar-refractivity contribution in [2.75, 3.05) is 0 Å². The van der Waals surface area contributed by atoms with Crippen molar-refractivity contribution < 1.29 is 5.11 Å². The van der Waals surface area contributed by atoms with Crippen molar-refractivity contribution in [3.05, 3.63) is 35.4 Å². The molecular weight excluding hydrogens is 186 g/mol. The van der Waals surface area contributed by atoms with E-state index < -0.39 is 6.10 Å². The molecule has 0 amide bonds. The zero-order chi connectivity index (χ0) is 11.3. The third-order valence-electron chi connectivity index (χ3n) is 2.50. The molecule has 15 heavy (non-hydrogen) atoms. The van der Waals surface area contributed by atoms with Gasteiger partial charge in [-0.25, -0.2) is 0 Å². The van der Waals surface area contributed by atoms with Gasteiger partial charge in [-0.2, -0.15) is 0 Å². The SMILES string of the molecule is CCCc1ccc(C(O)CC(C)N)cc1. The van der Waals surface area contributed by atoms with Gasteiger partial charge in [0, 0.05) is 6.04 Å². The Kier molecular flexibility index (Phi) is 4.79. The predicted octanol–water partition coefficient (Wildman–Crippen LogP) is 2.41. The number of aliphatic hydroxyl groups excluding tert-OH is 1. The van der Waals surface area contributed by atoms with E-state index in [0.717, 1.165) is 18.4 Å². The monoisotopic (exact) mass is 207 g/mol. The standard InChI is InChI=1S/C13H21NO/c1-3-4-11-5-7-12(8-6-11)13(15)9-10(2)14/h5-8,10,13,15H,3-4,9,14H2,1-2H3. The van der Waals surface area contributed by atoms with Crippen LogP contribution in [0.3, 0.4) is 0 Å². The van der Waals surface area contributed by atoms with Gasteiger partial charge in [0.05, 0.1) is 6.10 Å². The van der Waals surface area contributed by atoms with Crippen LogP contribution in [-0.4, -0.2) is 11.1 Å². The number of rotatable bonds is 5. The molecular formula is C13H21NO. The molecule has 0 aromatic heterocycles. The van der Waals surface area contributed by atoms with E-state index in [9.17, 15) is 5.11 Å². The van der Waals surface area contributed by atoms with Gasteiger partial charge < -0.3 is 10.8 Å². The van der Waals surface area contributed by atoms with Gasteiger partial charge in [0.25, 0.3) is 0 Å². The van der Waals surface area contributed by atoms with Crippen LogP contribution >= 0.6 is 0 Å². The lowest BCUT2D eigenvalue weighted by Gasteiger charge is -2.13. The van der Waals surface area contributed by atoms with E-state index in [2.05, 4.69) is 19.1 Å². The lowest BCUT2D eigenvalue weighted by molar-refractivity contribution is 0.160. The Morgan fingerprint density at radius 3 is 2.33 bits per heavy atom. The Balaban J connectivity index is 2.62. The largest absolute Gasteiger partial charge is 0.388 e. The number of benzene rings is 1. The maximum Gasteiger partial charge on any atom is 0.0804 e. The van der Waals surface area contributed by atoms with Crippen LogP contribution in [0.25, 0.3) is 0 Å². The van der Waals surface area contributed by atoms with Crippen LogP contribution in [0, 0.1) is 0 Å². The van der Waals surface area contributed by atoms with Crippen molar-refractivity contribution in [1.82, 2.24) is 0 Å². The van der Waals surface area contributed by atoms with E-state index >= 15 is 0 Å². The highest BCUT2D eigenvalue weighted by molar-refractivity contribution is 5.24. The molecule has 0 spiro atoms. The number of hydrogen-bond donors (Lipinski definition) is 2. The molecule has 84 valence electrons. The summed E-state index contributed by atoms with van der Waals surface area (Å²) >= 11 is 0. The van der Waals surface area contributed by atoms with E-state index in [-0.39, 0.29) is 6.04 Å². The third kappa shape index (κ3) is 4.02. The van der Waals surface area contributed by atoms with Crippen LogP contribution < -0.4 is 5.73 Å². The summed E-state index contributed by atoms with van der Waals surface area (Å²) in [7, 11) is 0. The van der Waals surface area contributed by atoms with E-state index in [1.807, 2.05) is 19.1 Å². The van der Waals surface area contributed by atoms with Gasteiger partial charge in [-0.3, -0.25) is 0 Å². The minimum atomic E-state index is -0.430. The van der Waals surface area contributed by atoms with Gasteiger partial charge in [0.2, 0.25) is 0 Å². The predicted molar refractivity (Wildman–Crippen MR) is 63.7 cm³/mol. The smallest absolute Gasteiger partial charge is 0.0804 e. The molecule has 0 aliphatic carbocycles. The first-order valence-corrected chi connectivity index (χ1v) is 5.66. The zero-order valence-corrected chi connectivity index (χ0v) is 9.61. The molecule has 2 nitrogen and oxygen atoms in total. The van der Waals surface area contributed by atoms with Gasteiger partial charge in [-0.05, 0) is 30.9 Å². The summed E-state index contributed by atoms with van der Waals surface area (Å²) in [5, 5.41) is 9.83. The Morgan fingerprint density at radius 1 is 1.27 bits per heavy atom. The van der Waals surface area contributed by atoms with Gasteiger partial charge in [-0.15, -0.1) is 0 Å². The summed E-state index contributed by atoms with van der Waals surface area (Å²) in [6.07, 6.45) is 2.44. The van der Waals surface area contributed by atoms with Crippen LogP contribution in [-0.2, 0) is 6.42 Å². The second-order valence-electron chi connectivity index (χ2n) is 4.22. The lowest BCUT2D eigenvalue weighted by Crippen LogP contribution is -2.18. The van der Waals surface area contributed by atoms with Crippen LogP contribution in [0.1, 0.15) is 43.9 Å². The van der Waals surface area contributed by atoms with E-state index in [1.165, 1.54) is 5.56 Å². The zero-order valence-electron chi connectivity index (χ0n) is 9.61. The molecule has 0 fully saturated rings. The van der Waals surface area contributed by atoms with E-state index in [4.69, 9.17) is 5.73 Å². The average molecular weight is 207 g/mol. The Hall–Kier alpha value is -0.860. The second-order valence-corrected chi connectivity index (χ2v) is 4.22. The molecule has 2 unspecified atom stereocenters. The molecule has 0 bridgehead atoms. The summed E-state index contributed by atoms with van der Waals surface area (Å²) in [6, 6.07) is 8.21. The molecule has 0 saturated carbocycles.